The normalized spacial score (nSPS) is 9.53. The van der Waals surface area contributed by atoms with Crippen LogP contribution in [0.15, 0.2) is 0 Å². The highest BCUT2D eigenvalue weighted by Crippen LogP contribution is 1.79. The van der Waals surface area contributed by atoms with Crippen LogP contribution in [-0.2, 0) is 19.1 Å². The first-order valence-electron chi connectivity index (χ1n) is 5.59. The summed E-state index contributed by atoms with van der Waals surface area (Å²) in [7, 11) is 0. The van der Waals surface area contributed by atoms with Crippen LogP contribution in [-0.4, -0.2) is 55.2 Å². The van der Waals surface area contributed by atoms with Gasteiger partial charge in [0.1, 0.15) is 13.2 Å². The molecule has 0 aromatic heterocycles. The Balaban J connectivity index is 3.65. The number of hydrogen-bond acceptors (Lipinski definition) is 5. The molecule has 0 saturated carbocycles. The molecular weight excluding hydrogens is 258 g/mol. The molecule has 108 valence electrons. The lowest BCUT2D eigenvalue weighted by atomic mass is 10.4. The number of amides is 4. The van der Waals surface area contributed by atoms with Gasteiger partial charge in [-0.3, -0.25) is 14.9 Å². The van der Waals surface area contributed by atoms with E-state index >= 15 is 0 Å². The van der Waals surface area contributed by atoms with Gasteiger partial charge in [-0.1, -0.05) is 0 Å². The zero-order chi connectivity index (χ0) is 14.7. The highest BCUT2D eigenvalue weighted by molar-refractivity contribution is 5.95. The molecule has 4 amide bonds. The van der Waals surface area contributed by atoms with Crippen molar-refractivity contribution in [1.29, 1.82) is 0 Å². The second-order valence-corrected chi connectivity index (χ2v) is 3.39. The number of hydrogen-bond donors (Lipinski definition) is 4. The predicted molar refractivity (Wildman–Crippen MR) is 63.3 cm³/mol. The van der Waals surface area contributed by atoms with Gasteiger partial charge in [-0.05, 0) is 6.92 Å². The van der Waals surface area contributed by atoms with E-state index in [0.29, 0.717) is 6.54 Å². The molecule has 0 bridgehead atoms. The van der Waals surface area contributed by atoms with Crippen LogP contribution in [0.1, 0.15) is 13.3 Å². The Bertz CT molecular complexity index is 344. The summed E-state index contributed by atoms with van der Waals surface area (Å²) in [5, 5.41) is 15.0. The van der Waals surface area contributed by atoms with Crippen molar-refractivity contribution < 1.29 is 29.0 Å². The number of imide groups is 1. The van der Waals surface area contributed by atoms with Crippen LogP contribution in [0.25, 0.3) is 0 Å². The summed E-state index contributed by atoms with van der Waals surface area (Å²) in [4.78, 5) is 43.3. The summed E-state index contributed by atoms with van der Waals surface area (Å²) in [6.07, 6.45) is 0.102. The van der Waals surface area contributed by atoms with Gasteiger partial charge in [0.05, 0.1) is 0 Å². The van der Waals surface area contributed by atoms with E-state index in [4.69, 9.17) is 5.11 Å². The average molecular weight is 275 g/mol. The Kier molecular flexibility index (Phi) is 8.71. The molecule has 9 nitrogen and oxygen atoms in total. The van der Waals surface area contributed by atoms with E-state index in [1.54, 1.807) is 6.92 Å². The topological polar surface area (TPSA) is 134 Å². The molecular formula is C10H17N3O6. The number of carboxylic acid groups (broad SMARTS) is 1. The van der Waals surface area contributed by atoms with Crippen LogP contribution < -0.4 is 16.0 Å². The lowest BCUT2D eigenvalue weighted by Gasteiger charge is -2.06. The number of aliphatic carboxylic acids is 1. The molecule has 0 aliphatic carbocycles. The fraction of sp³-hybridized carbons (Fsp3) is 0.600. The lowest BCUT2D eigenvalue weighted by molar-refractivity contribution is -0.143. The second kappa shape index (κ2) is 9.83. The smallest absolute Gasteiger partial charge is 0.329 e. The van der Waals surface area contributed by atoms with Gasteiger partial charge in [0.25, 0.3) is 5.91 Å². The predicted octanol–water partition coefficient (Wildman–Crippen LogP) is -1.56. The van der Waals surface area contributed by atoms with Gasteiger partial charge in [-0.15, -0.1) is 0 Å². The average Bonchev–Trinajstić information content (AvgIpc) is 2.28. The van der Waals surface area contributed by atoms with Gasteiger partial charge >= 0.3 is 12.0 Å². The first-order valence-corrected chi connectivity index (χ1v) is 5.59. The summed E-state index contributed by atoms with van der Waals surface area (Å²) >= 11 is 0. The fourth-order valence-corrected chi connectivity index (χ4v) is 1.01. The lowest BCUT2D eigenvalue weighted by Crippen LogP contribution is -2.42. The Morgan fingerprint density at radius 1 is 1.05 bits per heavy atom. The van der Waals surface area contributed by atoms with Gasteiger partial charge in [0.2, 0.25) is 5.91 Å². The maximum Gasteiger partial charge on any atom is 0.329 e. The van der Waals surface area contributed by atoms with E-state index in [2.05, 4.69) is 15.4 Å². The molecule has 0 aromatic rings. The quantitative estimate of drug-likeness (QED) is 0.423. The molecule has 0 aliphatic rings. The van der Waals surface area contributed by atoms with Crippen LogP contribution in [0.3, 0.4) is 0 Å². The molecule has 0 atom stereocenters. The molecule has 4 N–H and O–H groups in total. The van der Waals surface area contributed by atoms with Gasteiger partial charge in [-0.2, -0.15) is 0 Å². The molecule has 0 aliphatic heterocycles. The summed E-state index contributed by atoms with van der Waals surface area (Å²) in [6.45, 7) is 1.21. The van der Waals surface area contributed by atoms with Gasteiger partial charge in [0, 0.05) is 19.5 Å². The maximum atomic E-state index is 11.1. The molecule has 0 saturated heterocycles. The molecule has 0 heterocycles. The van der Waals surface area contributed by atoms with Gasteiger partial charge in [0.15, 0.2) is 0 Å². The maximum absolute atomic E-state index is 11.1. The Morgan fingerprint density at radius 3 is 2.32 bits per heavy atom. The minimum Gasteiger partial charge on any atom is -0.480 e. The minimum atomic E-state index is -1.21. The zero-order valence-electron chi connectivity index (χ0n) is 10.5. The standard InChI is InChI=1S/C10H17N3O6/c1-2-11-7(14)3-4-12-10(18)13-8(15)5-19-6-9(16)17/h2-6H2,1H3,(H,11,14)(H,16,17)(H2,12,13,15,18). The van der Waals surface area contributed by atoms with E-state index in [1.165, 1.54) is 0 Å². The first kappa shape index (κ1) is 16.8. The number of urea groups is 1. The molecule has 0 radical (unpaired) electrons. The Hall–Kier alpha value is -2.16. The number of carbonyl (C=O) groups is 4. The van der Waals surface area contributed by atoms with Crippen LogP contribution in [0.2, 0.25) is 0 Å². The number of ether oxygens (including phenoxy) is 1. The third-order valence-corrected chi connectivity index (χ3v) is 1.72. The van der Waals surface area contributed by atoms with Crippen molar-refractivity contribution in [2.75, 3.05) is 26.3 Å². The molecule has 9 heteroatoms. The number of rotatable bonds is 8. The van der Waals surface area contributed by atoms with Crippen molar-refractivity contribution in [2.24, 2.45) is 0 Å². The van der Waals surface area contributed by atoms with E-state index in [-0.39, 0.29) is 18.9 Å². The molecule has 0 spiro atoms. The van der Waals surface area contributed by atoms with Crippen LogP contribution in [0.5, 0.6) is 0 Å². The third kappa shape index (κ3) is 10.7. The van der Waals surface area contributed by atoms with Crippen molar-refractivity contribution in [1.82, 2.24) is 16.0 Å². The number of nitrogens with one attached hydrogen (secondary N) is 3. The minimum absolute atomic E-state index is 0.0843. The van der Waals surface area contributed by atoms with Crippen molar-refractivity contribution in [2.45, 2.75) is 13.3 Å². The van der Waals surface area contributed by atoms with Gasteiger partial charge in [-0.25, -0.2) is 9.59 Å². The fourth-order valence-electron chi connectivity index (χ4n) is 1.01. The number of carboxylic acids is 1. The van der Waals surface area contributed by atoms with Crippen molar-refractivity contribution in [3.63, 3.8) is 0 Å². The van der Waals surface area contributed by atoms with E-state index in [1.807, 2.05) is 5.32 Å². The van der Waals surface area contributed by atoms with Crippen LogP contribution in [0, 0.1) is 0 Å². The summed E-state index contributed by atoms with van der Waals surface area (Å²) < 4.78 is 4.48. The number of carbonyl (C=O) groups excluding carboxylic acids is 3. The van der Waals surface area contributed by atoms with Crippen molar-refractivity contribution >= 4 is 23.8 Å². The van der Waals surface area contributed by atoms with Crippen molar-refractivity contribution in [3.8, 4) is 0 Å². The molecule has 0 fully saturated rings. The van der Waals surface area contributed by atoms with Gasteiger partial charge < -0.3 is 20.5 Å². The Morgan fingerprint density at radius 2 is 1.74 bits per heavy atom. The molecule has 19 heavy (non-hydrogen) atoms. The monoisotopic (exact) mass is 275 g/mol. The summed E-state index contributed by atoms with van der Waals surface area (Å²) in [5.41, 5.74) is 0. The second-order valence-electron chi connectivity index (χ2n) is 3.39. The first-order chi connectivity index (χ1) is 8.95. The third-order valence-electron chi connectivity index (χ3n) is 1.72. The van der Waals surface area contributed by atoms with E-state index in [0.717, 1.165) is 0 Å². The van der Waals surface area contributed by atoms with Crippen LogP contribution in [0.4, 0.5) is 4.79 Å². The van der Waals surface area contributed by atoms with E-state index < -0.39 is 31.1 Å². The zero-order valence-corrected chi connectivity index (χ0v) is 10.5. The largest absolute Gasteiger partial charge is 0.480 e. The molecule has 0 aromatic carbocycles. The highest BCUT2D eigenvalue weighted by atomic mass is 16.5. The highest BCUT2D eigenvalue weighted by Gasteiger charge is 2.08. The SMILES string of the molecule is CCNC(=O)CCNC(=O)NC(=O)COCC(=O)O. The van der Waals surface area contributed by atoms with E-state index in [9.17, 15) is 19.2 Å². The van der Waals surface area contributed by atoms with Crippen molar-refractivity contribution in [3.05, 3.63) is 0 Å². The molecule has 0 unspecified atom stereocenters. The van der Waals surface area contributed by atoms with Crippen LogP contribution >= 0.6 is 0 Å². The summed E-state index contributed by atoms with van der Waals surface area (Å²) in [5.74, 6) is -2.19. The Labute approximate surface area is 109 Å². The molecule has 0 rings (SSSR count). The summed E-state index contributed by atoms with van der Waals surface area (Å²) in [6, 6.07) is -0.770.